The van der Waals surface area contributed by atoms with Gasteiger partial charge in [-0.3, -0.25) is 4.90 Å². The van der Waals surface area contributed by atoms with Gasteiger partial charge in [0.1, 0.15) is 5.82 Å². The molecule has 3 nitrogen and oxygen atoms in total. The van der Waals surface area contributed by atoms with E-state index in [-0.39, 0.29) is 5.82 Å². The highest BCUT2D eigenvalue weighted by Gasteiger charge is 2.25. The molecule has 0 aliphatic carbocycles. The smallest absolute Gasteiger partial charge is 0.127 e. The molecule has 0 bridgehead atoms. The highest BCUT2D eigenvalue weighted by molar-refractivity contribution is 5.33. The monoisotopic (exact) mass is 247 g/mol. The Labute approximate surface area is 107 Å². The van der Waals surface area contributed by atoms with Crippen molar-refractivity contribution in [3.05, 3.63) is 35.1 Å². The van der Waals surface area contributed by atoms with E-state index in [4.69, 9.17) is 5.26 Å². The van der Waals surface area contributed by atoms with Crippen molar-refractivity contribution in [2.75, 3.05) is 13.1 Å². The van der Waals surface area contributed by atoms with Gasteiger partial charge in [0.2, 0.25) is 0 Å². The molecule has 1 saturated heterocycles. The minimum absolute atomic E-state index is 0.230. The predicted octanol–water partition coefficient (Wildman–Crippen LogP) is 1.88. The van der Waals surface area contributed by atoms with E-state index in [0.717, 1.165) is 13.1 Å². The number of hydrogen-bond donors (Lipinski definition) is 1. The number of nitriles is 1. The van der Waals surface area contributed by atoms with Crippen LogP contribution in [0.4, 0.5) is 4.39 Å². The summed E-state index contributed by atoms with van der Waals surface area (Å²) in [5.74, 6) is -0.230. The van der Waals surface area contributed by atoms with Gasteiger partial charge in [0, 0.05) is 37.3 Å². The number of hydrogen-bond acceptors (Lipinski definition) is 3. The van der Waals surface area contributed by atoms with Gasteiger partial charge < -0.3 is 5.32 Å². The van der Waals surface area contributed by atoms with Crippen LogP contribution in [0, 0.1) is 17.1 Å². The van der Waals surface area contributed by atoms with Crippen LogP contribution >= 0.6 is 0 Å². The van der Waals surface area contributed by atoms with E-state index in [0.29, 0.717) is 29.8 Å². The van der Waals surface area contributed by atoms with E-state index in [2.05, 4.69) is 30.1 Å². The van der Waals surface area contributed by atoms with Crippen molar-refractivity contribution in [1.82, 2.24) is 10.2 Å². The third kappa shape index (κ3) is 2.69. The lowest BCUT2D eigenvalue weighted by molar-refractivity contribution is 0.107. The van der Waals surface area contributed by atoms with Gasteiger partial charge in [-0.2, -0.15) is 5.26 Å². The number of halogens is 1. The second-order valence-corrected chi connectivity index (χ2v) is 4.95. The largest absolute Gasteiger partial charge is 0.314 e. The van der Waals surface area contributed by atoms with Gasteiger partial charge in [0.15, 0.2) is 0 Å². The number of rotatable bonds is 2. The Balaban J connectivity index is 2.20. The van der Waals surface area contributed by atoms with Crippen LogP contribution in [-0.2, 0) is 6.54 Å². The second-order valence-electron chi connectivity index (χ2n) is 4.95. The summed E-state index contributed by atoms with van der Waals surface area (Å²) in [6, 6.07) is 7.35. The highest BCUT2D eigenvalue weighted by atomic mass is 19.1. The summed E-state index contributed by atoms with van der Waals surface area (Å²) in [7, 11) is 0. The molecule has 1 N–H and O–H groups in total. The highest BCUT2D eigenvalue weighted by Crippen LogP contribution is 2.18. The molecule has 2 atom stereocenters. The molecule has 2 rings (SSSR count). The summed E-state index contributed by atoms with van der Waals surface area (Å²) in [5, 5.41) is 12.2. The van der Waals surface area contributed by atoms with E-state index in [1.165, 1.54) is 12.1 Å². The lowest BCUT2D eigenvalue weighted by atomic mass is 10.1. The number of benzene rings is 1. The van der Waals surface area contributed by atoms with Crippen LogP contribution in [0.1, 0.15) is 25.0 Å². The molecule has 0 amide bonds. The first-order valence-electron chi connectivity index (χ1n) is 6.27. The predicted molar refractivity (Wildman–Crippen MR) is 68.5 cm³/mol. The van der Waals surface area contributed by atoms with E-state index in [1.807, 2.05) is 0 Å². The van der Waals surface area contributed by atoms with Gasteiger partial charge in [-0.15, -0.1) is 0 Å². The van der Waals surface area contributed by atoms with Crippen molar-refractivity contribution in [3.63, 3.8) is 0 Å². The molecule has 1 aliphatic heterocycles. The first kappa shape index (κ1) is 13.0. The Hall–Kier alpha value is -1.44. The van der Waals surface area contributed by atoms with Gasteiger partial charge in [0.25, 0.3) is 0 Å². The number of piperazine rings is 1. The Morgan fingerprint density at radius 3 is 2.67 bits per heavy atom. The molecule has 96 valence electrons. The summed E-state index contributed by atoms with van der Waals surface area (Å²) in [6.07, 6.45) is 0. The fourth-order valence-corrected chi connectivity index (χ4v) is 2.44. The topological polar surface area (TPSA) is 39.1 Å². The minimum atomic E-state index is -0.230. The van der Waals surface area contributed by atoms with Gasteiger partial charge in [-0.05, 0) is 32.0 Å². The quantitative estimate of drug-likeness (QED) is 0.867. The van der Waals surface area contributed by atoms with Gasteiger partial charge in [-0.25, -0.2) is 4.39 Å². The maximum atomic E-state index is 13.8. The van der Waals surface area contributed by atoms with Crippen molar-refractivity contribution < 1.29 is 4.39 Å². The molecule has 1 heterocycles. The Kier molecular flexibility index (Phi) is 3.95. The maximum Gasteiger partial charge on any atom is 0.127 e. The second kappa shape index (κ2) is 5.47. The maximum absolute atomic E-state index is 13.8. The molecular weight excluding hydrogens is 229 g/mol. The number of nitrogens with one attached hydrogen (secondary N) is 1. The molecule has 2 unspecified atom stereocenters. The standard InChI is InChI=1S/C14H18FN3/c1-10-7-17-8-11(2)18(10)9-13-5-12(6-16)3-4-14(13)15/h3-5,10-11,17H,7-9H2,1-2H3. The lowest BCUT2D eigenvalue weighted by Gasteiger charge is -2.39. The van der Waals surface area contributed by atoms with Gasteiger partial charge in [-0.1, -0.05) is 0 Å². The van der Waals surface area contributed by atoms with Crippen LogP contribution in [0.5, 0.6) is 0 Å². The molecule has 4 heteroatoms. The molecule has 0 aromatic heterocycles. The van der Waals surface area contributed by atoms with Gasteiger partial charge >= 0.3 is 0 Å². The average molecular weight is 247 g/mol. The zero-order valence-corrected chi connectivity index (χ0v) is 10.8. The van der Waals surface area contributed by atoms with Crippen LogP contribution in [0.3, 0.4) is 0 Å². The van der Waals surface area contributed by atoms with Crippen LogP contribution in [-0.4, -0.2) is 30.1 Å². The van der Waals surface area contributed by atoms with E-state index >= 15 is 0 Å². The van der Waals surface area contributed by atoms with Crippen LogP contribution in [0.25, 0.3) is 0 Å². The van der Waals surface area contributed by atoms with E-state index < -0.39 is 0 Å². The normalized spacial score (nSPS) is 24.8. The van der Waals surface area contributed by atoms with Gasteiger partial charge in [0.05, 0.1) is 11.6 Å². The van der Waals surface area contributed by atoms with E-state index in [9.17, 15) is 4.39 Å². The Morgan fingerprint density at radius 1 is 1.39 bits per heavy atom. The zero-order chi connectivity index (χ0) is 13.1. The molecule has 1 fully saturated rings. The van der Waals surface area contributed by atoms with E-state index in [1.54, 1.807) is 6.07 Å². The van der Waals surface area contributed by atoms with Crippen LogP contribution < -0.4 is 5.32 Å². The molecule has 0 spiro atoms. The number of nitrogens with zero attached hydrogens (tertiary/aromatic N) is 2. The minimum Gasteiger partial charge on any atom is -0.314 e. The van der Waals surface area contributed by atoms with Crippen molar-refractivity contribution in [1.29, 1.82) is 5.26 Å². The van der Waals surface area contributed by atoms with Crippen molar-refractivity contribution in [2.45, 2.75) is 32.5 Å². The first-order valence-corrected chi connectivity index (χ1v) is 6.27. The zero-order valence-electron chi connectivity index (χ0n) is 10.8. The average Bonchev–Trinajstić information content (AvgIpc) is 2.36. The molecule has 1 aromatic carbocycles. The summed E-state index contributed by atoms with van der Waals surface area (Å²) < 4.78 is 13.8. The molecule has 0 saturated carbocycles. The summed E-state index contributed by atoms with van der Waals surface area (Å²) in [4.78, 5) is 2.27. The lowest BCUT2D eigenvalue weighted by Crippen LogP contribution is -2.54. The van der Waals surface area contributed by atoms with Crippen molar-refractivity contribution >= 4 is 0 Å². The first-order chi connectivity index (χ1) is 8.61. The summed E-state index contributed by atoms with van der Waals surface area (Å²) in [6.45, 7) is 6.67. The van der Waals surface area contributed by atoms with Crippen molar-refractivity contribution in [2.24, 2.45) is 0 Å². The summed E-state index contributed by atoms with van der Waals surface area (Å²) in [5.41, 5.74) is 1.12. The molecule has 18 heavy (non-hydrogen) atoms. The molecular formula is C14H18FN3. The van der Waals surface area contributed by atoms with Crippen molar-refractivity contribution in [3.8, 4) is 6.07 Å². The molecule has 0 radical (unpaired) electrons. The van der Waals surface area contributed by atoms with Crippen LogP contribution in [0.2, 0.25) is 0 Å². The summed E-state index contributed by atoms with van der Waals surface area (Å²) >= 11 is 0. The fourth-order valence-electron chi connectivity index (χ4n) is 2.44. The third-order valence-electron chi connectivity index (χ3n) is 3.54. The third-order valence-corrected chi connectivity index (χ3v) is 3.54. The Bertz CT molecular complexity index is 457. The Morgan fingerprint density at radius 2 is 2.06 bits per heavy atom. The van der Waals surface area contributed by atoms with Crippen LogP contribution in [0.15, 0.2) is 18.2 Å². The molecule has 1 aliphatic rings. The fraction of sp³-hybridized carbons (Fsp3) is 0.500. The molecule has 1 aromatic rings. The SMILES string of the molecule is CC1CNCC(C)N1Cc1cc(C#N)ccc1F.